The van der Waals surface area contributed by atoms with Gasteiger partial charge in [-0.15, -0.1) is 0 Å². The van der Waals surface area contributed by atoms with Gasteiger partial charge in [-0.05, 0) is 98.2 Å². The highest BCUT2D eigenvalue weighted by Crippen LogP contribution is 2.73. The lowest BCUT2D eigenvalue weighted by molar-refractivity contribution is -0.175. The van der Waals surface area contributed by atoms with E-state index in [4.69, 9.17) is 0 Å². The van der Waals surface area contributed by atoms with E-state index >= 15 is 0 Å². The molecule has 2 N–H and O–H groups in total. The van der Waals surface area contributed by atoms with E-state index in [1.165, 1.54) is 5.57 Å². The van der Waals surface area contributed by atoms with Crippen molar-refractivity contribution in [2.75, 3.05) is 0 Å². The number of aliphatic carboxylic acids is 2. The Bertz CT molecular complexity index is 933. The number of carboxylic acid groups (broad SMARTS) is 2. The van der Waals surface area contributed by atoms with Gasteiger partial charge in [-0.25, -0.2) is 0 Å². The summed E-state index contributed by atoms with van der Waals surface area (Å²) < 4.78 is 0. The molecular formula is C29H44O5. The molecule has 0 aromatic rings. The largest absolute Gasteiger partial charge is 0.481 e. The Labute approximate surface area is 204 Å². The molecule has 0 aromatic heterocycles. The Morgan fingerprint density at radius 1 is 0.971 bits per heavy atom. The highest BCUT2D eigenvalue weighted by molar-refractivity contribution is 5.80. The molecule has 7 atom stereocenters. The van der Waals surface area contributed by atoms with Gasteiger partial charge in [0.05, 0.1) is 5.41 Å². The first-order chi connectivity index (χ1) is 15.6. The van der Waals surface area contributed by atoms with Crippen molar-refractivity contribution in [2.45, 2.75) is 106 Å². The quantitative estimate of drug-likeness (QED) is 0.445. The van der Waals surface area contributed by atoms with E-state index in [1.807, 2.05) is 0 Å². The maximum atomic E-state index is 12.7. The van der Waals surface area contributed by atoms with Gasteiger partial charge >= 0.3 is 11.9 Å². The van der Waals surface area contributed by atoms with Gasteiger partial charge < -0.3 is 10.2 Å². The molecule has 0 amide bonds. The second-order valence-corrected chi connectivity index (χ2v) is 13.7. The SMILES string of the molecule is CC(=O)C1CC[C@]2(C)C(CC=C3[C@@H]4CC(C)(C)CC[C@]4(C(=O)O)CC[C@]32C)[C@@]1(C)CCC(=O)O. The number of fused-ring (bicyclic) bond motifs is 5. The average Bonchev–Trinajstić information content (AvgIpc) is 2.72. The van der Waals surface area contributed by atoms with E-state index in [9.17, 15) is 24.6 Å². The van der Waals surface area contributed by atoms with Gasteiger partial charge in [-0.1, -0.05) is 46.3 Å². The Balaban J connectivity index is 1.82. The summed E-state index contributed by atoms with van der Waals surface area (Å²) >= 11 is 0. The van der Waals surface area contributed by atoms with Crippen LogP contribution in [0.4, 0.5) is 0 Å². The minimum atomic E-state index is -0.803. The van der Waals surface area contributed by atoms with Crippen molar-refractivity contribution in [3.8, 4) is 0 Å². The van der Waals surface area contributed by atoms with Crippen LogP contribution in [0.5, 0.6) is 0 Å². The summed E-state index contributed by atoms with van der Waals surface area (Å²) in [7, 11) is 0. The topological polar surface area (TPSA) is 91.7 Å². The molecule has 3 saturated carbocycles. The van der Waals surface area contributed by atoms with Crippen molar-refractivity contribution >= 4 is 17.7 Å². The molecule has 5 heteroatoms. The molecule has 0 heterocycles. The number of carboxylic acids is 2. The maximum Gasteiger partial charge on any atom is 0.310 e. The van der Waals surface area contributed by atoms with Crippen molar-refractivity contribution in [1.82, 2.24) is 0 Å². The van der Waals surface area contributed by atoms with Crippen molar-refractivity contribution in [2.24, 2.45) is 44.8 Å². The molecule has 0 aliphatic heterocycles. The lowest BCUT2D eigenvalue weighted by Gasteiger charge is -2.68. The van der Waals surface area contributed by atoms with E-state index in [-0.39, 0.29) is 51.6 Å². The number of carbonyl (C=O) groups excluding carboxylic acids is 1. The zero-order valence-electron chi connectivity index (χ0n) is 22.0. The molecule has 0 bridgehead atoms. The van der Waals surface area contributed by atoms with Crippen molar-refractivity contribution in [3.63, 3.8) is 0 Å². The van der Waals surface area contributed by atoms with Gasteiger partial charge in [-0.2, -0.15) is 0 Å². The predicted molar refractivity (Wildman–Crippen MR) is 131 cm³/mol. The Kier molecular flexibility index (Phi) is 5.93. The first kappa shape index (κ1) is 25.4. The van der Waals surface area contributed by atoms with E-state index < -0.39 is 17.4 Å². The summed E-state index contributed by atoms with van der Waals surface area (Å²) in [5.41, 5.74) is 0.252. The summed E-state index contributed by atoms with van der Waals surface area (Å²) in [5, 5.41) is 19.9. The van der Waals surface area contributed by atoms with Crippen LogP contribution in [0.1, 0.15) is 106 Å². The standard InChI is InChI=1S/C29H44O5/c1-18(30)19-9-12-28(6)22(26(19,4)11-10-23(31)32)8-7-20-21-17-25(2,3)13-15-29(21,24(33)34)16-14-27(20,28)5/h7,19,21-22H,8-17H2,1-6H3,(H,31,32)(H,33,34)/t19?,21-,22?,26-,27+,28+,29-/m0/s1. The summed E-state index contributed by atoms with van der Waals surface area (Å²) in [4.78, 5) is 37.0. The van der Waals surface area contributed by atoms with E-state index in [1.54, 1.807) is 6.92 Å². The minimum absolute atomic E-state index is 0.0566. The molecule has 4 rings (SSSR count). The highest BCUT2D eigenvalue weighted by Gasteiger charge is 2.67. The number of rotatable bonds is 5. The summed E-state index contributed by atoms with van der Waals surface area (Å²) in [5.74, 6) is -1.10. The second-order valence-electron chi connectivity index (χ2n) is 13.7. The molecule has 4 aliphatic rings. The third-order valence-corrected chi connectivity index (χ3v) is 11.7. The van der Waals surface area contributed by atoms with Crippen LogP contribution in [0.25, 0.3) is 0 Å². The van der Waals surface area contributed by atoms with Gasteiger partial charge in [0.1, 0.15) is 5.78 Å². The van der Waals surface area contributed by atoms with Gasteiger partial charge in [-0.3, -0.25) is 14.4 Å². The van der Waals surface area contributed by atoms with Crippen LogP contribution >= 0.6 is 0 Å². The van der Waals surface area contributed by atoms with Gasteiger partial charge in [0.25, 0.3) is 0 Å². The lowest BCUT2D eigenvalue weighted by Crippen LogP contribution is -2.62. The summed E-state index contributed by atoms with van der Waals surface area (Å²) in [6.07, 6.45) is 9.68. The van der Waals surface area contributed by atoms with Crippen LogP contribution in [-0.4, -0.2) is 27.9 Å². The fourth-order valence-electron chi connectivity index (χ4n) is 9.39. The smallest absolute Gasteiger partial charge is 0.310 e. The number of allylic oxidation sites excluding steroid dienone is 2. The third-order valence-electron chi connectivity index (χ3n) is 11.7. The molecule has 0 aromatic carbocycles. The Morgan fingerprint density at radius 2 is 1.62 bits per heavy atom. The highest BCUT2D eigenvalue weighted by atomic mass is 16.4. The molecule has 0 saturated heterocycles. The van der Waals surface area contributed by atoms with Crippen LogP contribution < -0.4 is 0 Å². The van der Waals surface area contributed by atoms with Crippen molar-refractivity contribution in [3.05, 3.63) is 11.6 Å². The first-order valence-corrected chi connectivity index (χ1v) is 13.3. The fraction of sp³-hybridized carbons (Fsp3) is 0.828. The van der Waals surface area contributed by atoms with E-state index in [0.717, 1.165) is 44.9 Å². The zero-order chi connectivity index (χ0) is 25.3. The number of hydrogen-bond donors (Lipinski definition) is 2. The molecule has 0 spiro atoms. The van der Waals surface area contributed by atoms with Crippen LogP contribution in [0.15, 0.2) is 11.6 Å². The Hall–Kier alpha value is -1.65. The second kappa shape index (κ2) is 7.93. The zero-order valence-corrected chi connectivity index (χ0v) is 22.0. The number of ketones is 1. The van der Waals surface area contributed by atoms with E-state index in [0.29, 0.717) is 12.8 Å². The Morgan fingerprint density at radius 3 is 2.21 bits per heavy atom. The fourth-order valence-corrected chi connectivity index (χ4v) is 9.39. The van der Waals surface area contributed by atoms with Gasteiger partial charge in [0.2, 0.25) is 0 Å². The molecule has 0 radical (unpaired) electrons. The van der Waals surface area contributed by atoms with Crippen LogP contribution in [0, 0.1) is 44.8 Å². The molecule has 5 nitrogen and oxygen atoms in total. The van der Waals surface area contributed by atoms with Crippen LogP contribution in [0.2, 0.25) is 0 Å². The van der Waals surface area contributed by atoms with Crippen LogP contribution in [-0.2, 0) is 14.4 Å². The number of carbonyl (C=O) groups is 3. The number of hydrogen-bond acceptors (Lipinski definition) is 3. The summed E-state index contributed by atoms with van der Waals surface area (Å²) in [6, 6.07) is 0. The van der Waals surface area contributed by atoms with E-state index in [2.05, 4.69) is 40.7 Å². The van der Waals surface area contributed by atoms with Crippen molar-refractivity contribution < 1.29 is 24.6 Å². The average molecular weight is 473 g/mol. The third kappa shape index (κ3) is 3.43. The molecule has 2 unspecified atom stereocenters. The summed E-state index contributed by atoms with van der Waals surface area (Å²) in [6.45, 7) is 13.1. The molecular weight excluding hydrogens is 428 g/mol. The van der Waals surface area contributed by atoms with Gasteiger partial charge in [0.15, 0.2) is 0 Å². The van der Waals surface area contributed by atoms with Crippen molar-refractivity contribution in [1.29, 1.82) is 0 Å². The first-order valence-electron chi connectivity index (χ1n) is 13.3. The monoisotopic (exact) mass is 472 g/mol. The molecule has 190 valence electrons. The maximum absolute atomic E-state index is 12.7. The number of Topliss-reactive ketones (excluding diaryl/α,β-unsaturated/α-hetero) is 1. The lowest BCUT2D eigenvalue weighted by atomic mass is 9.35. The van der Waals surface area contributed by atoms with Crippen LogP contribution in [0.3, 0.4) is 0 Å². The molecule has 34 heavy (non-hydrogen) atoms. The predicted octanol–water partition coefficient (Wildman–Crippen LogP) is 6.51. The molecule has 4 aliphatic carbocycles. The normalized spacial score (nSPS) is 45.2. The van der Waals surface area contributed by atoms with Gasteiger partial charge in [0, 0.05) is 12.3 Å². The molecule has 3 fully saturated rings. The minimum Gasteiger partial charge on any atom is -0.481 e.